The topological polar surface area (TPSA) is 73.1 Å². The summed E-state index contributed by atoms with van der Waals surface area (Å²) in [6.45, 7) is 1.98. The number of nitrogens with one attached hydrogen (secondary N) is 1. The van der Waals surface area contributed by atoms with E-state index in [2.05, 4.69) is 14.7 Å². The zero-order valence-corrected chi connectivity index (χ0v) is 12.5. The molecule has 19 heavy (non-hydrogen) atoms. The summed E-state index contributed by atoms with van der Waals surface area (Å²) in [5, 5.41) is 7.49. The van der Waals surface area contributed by atoms with Gasteiger partial charge in [-0.15, -0.1) is 11.3 Å². The van der Waals surface area contributed by atoms with Gasteiger partial charge >= 0.3 is 0 Å². The van der Waals surface area contributed by atoms with Crippen molar-refractivity contribution in [2.24, 2.45) is 0 Å². The van der Waals surface area contributed by atoms with E-state index in [9.17, 15) is 0 Å². The van der Waals surface area contributed by atoms with Crippen molar-refractivity contribution in [1.29, 1.82) is 0 Å². The first-order valence-corrected chi connectivity index (χ1v) is 7.79. The van der Waals surface area contributed by atoms with E-state index in [1.54, 1.807) is 18.4 Å². The van der Waals surface area contributed by atoms with Gasteiger partial charge in [-0.05, 0) is 31.3 Å². The Kier molecular flexibility index (Phi) is 3.42. The number of rotatable bonds is 4. The molecule has 2 aromatic rings. The fraction of sp³-hybridized carbons (Fsp3) is 0.500. The predicted octanol–water partition coefficient (Wildman–Crippen LogP) is 2.75. The molecule has 0 unspecified atom stereocenters. The molecule has 7 heteroatoms. The summed E-state index contributed by atoms with van der Waals surface area (Å²) in [6.07, 6.45) is 2.45. The lowest BCUT2D eigenvalue weighted by Crippen LogP contribution is -2.40. The summed E-state index contributed by atoms with van der Waals surface area (Å²) in [5.74, 6) is 0.560. The Hall–Kier alpha value is -1.18. The molecule has 1 aliphatic rings. The minimum absolute atomic E-state index is 0.383. The quantitative estimate of drug-likeness (QED) is 0.907. The first-order chi connectivity index (χ1) is 9.17. The molecule has 2 heterocycles. The molecule has 0 aromatic carbocycles. The number of ether oxygens (including phenoxy) is 1. The zero-order valence-electron chi connectivity index (χ0n) is 10.8. The molecule has 3 N–H and O–H groups in total. The number of nitrogens with two attached hydrogens (primary N) is 1. The average molecular weight is 296 g/mol. The van der Waals surface area contributed by atoms with Crippen molar-refractivity contribution in [1.82, 2.24) is 9.36 Å². The maximum atomic E-state index is 5.97. The van der Waals surface area contributed by atoms with Gasteiger partial charge in [-0.3, -0.25) is 0 Å². The molecule has 0 atom stereocenters. The molecule has 0 radical (unpaired) electrons. The summed E-state index contributed by atoms with van der Waals surface area (Å²) in [4.78, 5) is 4.50. The van der Waals surface area contributed by atoms with E-state index in [0.717, 1.165) is 34.1 Å². The second-order valence-corrected chi connectivity index (χ2v) is 6.37. The minimum Gasteiger partial charge on any atom is -0.382 e. The lowest BCUT2D eigenvalue weighted by molar-refractivity contribution is 0.0329. The number of anilines is 2. The van der Waals surface area contributed by atoms with E-state index in [4.69, 9.17) is 10.5 Å². The highest BCUT2D eigenvalue weighted by Crippen LogP contribution is 2.40. The summed E-state index contributed by atoms with van der Waals surface area (Å²) >= 11 is 3.01. The van der Waals surface area contributed by atoms with E-state index in [1.165, 1.54) is 11.5 Å². The van der Waals surface area contributed by atoms with E-state index in [-0.39, 0.29) is 0 Å². The van der Waals surface area contributed by atoms with Gasteiger partial charge in [0.05, 0.1) is 11.7 Å². The third-order valence-electron chi connectivity index (χ3n) is 3.31. The van der Waals surface area contributed by atoms with Gasteiger partial charge in [0.15, 0.2) is 0 Å². The summed E-state index contributed by atoms with van der Waals surface area (Å²) in [7, 11) is 1.76. The van der Waals surface area contributed by atoms with Crippen LogP contribution in [0.15, 0.2) is 5.38 Å². The van der Waals surface area contributed by atoms with Gasteiger partial charge in [0, 0.05) is 24.2 Å². The van der Waals surface area contributed by atoms with Crippen LogP contribution in [0.2, 0.25) is 0 Å². The minimum atomic E-state index is 0.383. The van der Waals surface area contributed by atoms with Crippen LogP contribution in [-0.4, -0.2) is 28.6 Å². The normalized spacial score (nSPS) is 22.2. The molecule has 1 fully saturated rings. The van der Waals surface area contributed by atoms with Crippen molar-refractivity contribution < 1.29 is 4.74 Å². The summed E-state index contributed by atoms with van der Waals surface area (Å²) in [6, 6.07) is 0.449. The highest BCUT2D eigenvalue weighted by atomic mass is 32.1. The van der Waals surface area contributed by atoms with E-state index < -0.39 is 0 Å². The van der Waals surface area contributed by atoms with Crippen molar-refractivity contribution in [3.63, 3.8) is 0 Å². The summed E-state index contributed by atoms with van der Waals surface area (Å²) < 4.78 is 9.54. The first-order valence-electron chi connectivity index (χ1n) is 6.14. The smallest absolute Gasteiger partial charge is 0.149 e. The molecule has 2 aromatic heterocycles. The van der Waals surface area contributed by atoms with Gasteiger partial charge in [0.2, 0.25) is 0 Å². The van der Waals surface area contributed by atoms with E-state index >= 15 is 0 Å². The second kappa shape index (κ2) is 5.07. The SMILES string of the molecule is COC1CC(Nc2snc(N)c2-c2nc(C)cs2)C1. The fourth-order valence-corrected chi connectivity index (χ4v) is 3.85. The van der Waals surface area contributed by atoms with Crippen LogP contribution in [0.4, 0.5) is 10.8 Å². The van der Waals surface area contributed by atoms with Crippen LogP contribution < -0.4 is 11.1 Å². The van der Waals surface area contributed by atoms with Crippen molar-refractivity contribution in [2.75, 3.05) is 18.2 Å². The van der Waals surface area contributed by atoms with Gasteiger partial charge in [0.1, 0.15) is 15.8 Å². The highest BCUT2D eigenvalue weighted by molar-refractivity contribution is 7.15. The van der Waals surface area contributed by atoms with Crippen LogP contribution in [0.1, 0.15) is 18.5 Å². The lowest BCUT2D eigenvalue weighted by Gasteiger charge is -2.34. The number of hydrogen-bond acceptors (Lipinski definition) is 7. The van der Waals surface area contributed by atoms with Crippen LogP contribution in [0.3, 0.4) is 0 Å². The number of hydrogen-bond donors (Lipinski definition) is 2. The third-order valence-corrected chi connectivity index (χ3v) is 5.08. The average Bonchev–Trinajstić information content (AvgIpc) is 2.89. The zero-order chi connectivity index (χ0) is 13.4. The second-order valence-electron chi connectivity index (χ2n) is 4.74. The van der Waals surface area contributed by atoms with Crippen LogP contribution >= 0.6 is 22.9 Å². The number of nitrogens with zero attached hydrogens (tertiary/aromatic N) is 2. The monoisotopic (exact) mass is 296 g/mol. The number of aromatic nitrogens is 2. The van der Waals surface area contributed by atoms with E-state index in [1.807, 2.05) is 12.3 Å². The molecule has 1 aliphatic carbocycles. The van der Waals surface area contributed by atoms with Crippen LogP contribution in [0, 0.1) is 6.92 Å². The van der Waals surface area contributed by atoms with Crippen molar-refractivity contribution in [3.05, 3.63) is 11.1 Å². The standard InChI is InChI=1S/C12H16N4OS2/c1-6-5-18-11(14-6)9-10(13)16-19-12(9)15-7-3-8(4-7)17-2/h5,7-8,15H,3-4H2,1-2H3,(H2,13,16). The first kappa shape index (κ1) is 12.8. The third kappa shape index (κ3) is 2.45. The largest absolute Gasteiger partial charge is 0.382 e. The van der Waals surface area contributed by atoms with Gasteiger partial charge in [0.25, 0.3) is 0 Å². The Morgan fingerprint density at radius 2 is 2.26 bits per heavy atom. The highest BCUT2D eigenvalue weighted by Gasteiger charge is 2.30. The van der Waals surface area contributed by atoms with Gasteiger partial charge in [-0.25, -0.2) is 4.98 Å². The molecular formula is C12H16N4OS2. The van der Waals surface area contributed by atoms with E-state index in [0.29, 0.717) is 18.0 Å². The van der Waals surface area contributed by atoms with Crippen LogP contribution in [0.5, 0.6) is 0 Å². The molecule has 102 valence electrons. The number of methoxy groups -OCH3 is 1. The molecule has 1 saturated carbocycles. The van der Waals surface area contributed by atoms with Crippen molar-refractivity contribution in [2.45, 2.75) is 31.9 Å². The Morgan fingerprint density at radius 3 is 2.89 bits per heavy atom. The van der Waals surface area contributed by atoms with Gasteiger partial charge < -0.3 is 15.8 Å². The molecule has 0 amide bonds. The van der Waals surface area contributed by atoms with Crippen LogP contribution in [0.25, 0.3) is 10.6 Å². The number of nitrogen functional groups attached to an aromatic ring is 1. The molecule has 0 spiro atoms. The maximum absolute atomic E-state index is 5.97. The lowest BCUT2D eigenvalue weighted by atomic mass is 9.89. The van der Waals surface area contributed by atoms with Crippen molar-refractivity contribution >= 4 is 33.7 Å². The molecule has 3 rings (SSSR count). The Balaban J connectivity index is 1.79. The Morgan fingerprint density at radius 1 is 1.47 bits per heavy atom. The predicted molar refractivity (Wildman–Crippen MR) is 79.8 cm³/mol. The Bertz CT molecular complexity index is 574. The summed E-state index contributed by atoms with van der Waals surface area (Å²) in [5.41, 5.74) is 7.93. The van der Waals surface area contributed by atoms with Gasteiger partial charge in [-0.2, -0.15) is 4.37 Å². The molecule has 0 saturated heterocycles. The number of thiazole rings is 1. The molecule has 5 nitrogen and oxygen atoms in total. The number of aryl methyl sites for hydroxylation is 1. The van der Waals surface area contributed by atoms with Crippen molar-refractivity contribution in [3.8, 4) is 10.6 Å². The Labute approximate surface area is 120 Å². The molecule has 0 bridgehead atoms. The molecule has 0 aliphatic heterocycles. The van der Waals surface area contributed by atoms with Crippen LogP contribution in [-0.2, 0) is 4.74 Å². The molecular weight excluding hydrogens is 280 g/mol. The fourth-order valence-electron chi connectivity index (χ4n) is 2.14. The maximum Gasteiger partial charge on any atom is 0.149 e. The van der Waals surface area contributed by atoms with Gasteiger partial charge in [-0.1, -0.05) is 0 Å².